The lowest BCUT2D eigenvalue weighted by molar-refractivity contribution is 0.519. The first kappa shape index (κ1) is 16.3. The summed E-state index contributed by atoms with van der Waals surface area (Å²) in [6, 6.07) is 13.0. The van der Waals surface area contributed by atoms with Crippen LogP contribution in [0.2, 0.25) is 10.0 Å². The van der Waals surface area contributed by atoms with E-state index < -0.39 is 0 Å². The largest absolute Gasteiger partial charge is 0.314 e. The molecule has 0 aliphatic rings. The molecule has 0 saturated carbocycles. The van der Waals surface area contributed by atoms with Crippen molar-refractivity contribution in [3.8, 4) is 0 Å². The summed E-state index contributed by atoms with van der Waals surface area (Å²) in [7, 11) is 0. The molecule has 1 unspecified atom stereocenters. The molecule has 0 aliphatic carbocycles. The molecule has 2 aromatic rings. The molecule has 2 aromatic carbocycles. The molecule has 0 spiro atoms. The lowest BCUT2D eigenvalue weighted by atomic mass is 9.99. The summed E-state index contributed by atoms with van der Waals surface area (Å²) in [5, 5.41) is 4.37. The van der Waals surface area contributed by atoms with Gasteiger partial charge in [0.05, 0.1) is 5.02 Å². The molecule has 0 heterocycles. The van der Waals surface area contributed by atoms with Crippen molar-refractivity contribution in [2.24, 2.45) is 0 Å². The minimum absolute atomic E-state index is 0.204. The molecule has 4 heteroatoms. The fourth-order valence-corrected chi connectivity index (χ4v) is 2.71. The number of likely N-dealkylation sites (N-methyl/N-ethyl adjacent to an activating group) is 1. The number of hydrogen-bond acceptors (Lipinski definition) is 1. The second-order valence-electron chi connectivity index (χ2n) is 5.00. The van der Waals surface area contributed by atoms with Crippen LogP contribution in [0.25, 0.3) is 0 Å². The van der Waals surface area contributed by atoms with Gasteiger partial charge in [-0.2, -0.15) is 0 Å². The van der Waals surface area contributed by atoms with E-state index in [4.69, 9.17) is 23.2 Å². The molecule has 0 saturated heterocycles. The topological polar surface area (TPSA) is 12.0 Å². The zero-order chi connectivity index (χ0) is 15.2. The Morgan fingerprint density at radius 1 is 1.05 bits per heavy atom. The van der Waals surface area contributed by atoms with Crippen molar-refractivity contribution in [3.05, 3.63) is 69.5 Å². The first-order valence-corrected chi connectivity index (χ1v) is 7.76. The summed E-state index contributed by atoms with van der Waals surface area (Å²) in [5.41, 5.74) is 2.02. The molecular formula is C17H18Cl2FN. The maximum atomic E-state index is 13.5. The van der Waals surface area contributed by atoms with E-state index >= 15 is 0 Å². The van der Waals surface area contributed by atoms with Crippen molar-refractivity contribution in [3.63, 3.8) is 0 Å². The van der Waals surface area contributed by atoms with E-state index in [1.54, 1.807) is 6.07 Å². The van der Waals surface area contributed by atoms with Crippen LogP contribution in [-0.2, 0) is 12.8 Å². The molecule has 112 valence electrons. The van der Waals surface area contributed by atoms with Gasteiger partial charge in [-0.1, -0.05) is 54.4 Å². The Morgan fingerprint density at radius 2 is 1.76 bits per heavy atom. The third-order valence-electron chi connectivity index (χ3n) is 3.39. The van der Waals surface area contributed by atoms with Gasteiger partial charge in [0.25, 0.3) is 0 Å². The van der Waals surface area contributed by atoms with Gasteiger partial charge >= 0.3 is 0 Å². The Kier molecular flexibility index (Phi) is 6.04. The number of benzene rings is 2. The average Bonchev–Trinajstić information content (AvgIpc) is 2.46. The van der Waals surface area contributed by atoms with Crippen LogP contribution in [0.3, 0.4) is 0 Å². The lowest BCUT2D eigenvalue weighted by Crippen LogP contribution is -2.33. The summed E-state index contributed by atoms with van der Waals surface area (Å²) in [4.78, 5) is 0. The second kappa shape index (κ2) is 7.79. The van der Waals surface area contributed by atoms with Gasteiger partial charge in [0.1, 0.15) is 5.82 Å². The molecule has 0 fully saturated rings. The SMILES string of the molecule is CCNC(Cc1ccc(Cl)cc1)Cc1cccc(F)c1Cl. The predicted molar refractivity (Wildman–Crippen MR) is 87.7 cm³/mol. The second-order valence-corrected chi connectivity index (χ2v) is 5.82. The Balaban J connectivity index is 2.11. The number of rotatable bonds is 6. The van der Waals surface area contributed by atoms with Gasteiger partial charge in [-0.25, -0.2) is 4.39 Å². The van der Waals surface area contributed by atoms with E-state index in [-0.39, 0.29) is 16.9 Å². The monoisotopic (exact) mass is 325 g/mol. The number of halogens is 3. The van der Waals surface area contributed by atoms with E-state index in [0.29, 0.717) is 6.42 Å². The molecule has 1 nitrogen and oxygen atoms in total. The fourth-order valence-electron chi connectivity index (χ4n) is 2.38. The minimum atomic E-state index is -0.365. The van der Waals surface area contributed by atoms with Crippen LogP contribution in [0.1, 0.15) is 18.1 Å². The molecule has 0 bridgehead atoms. The van der Waals surface area contributed by atoms with Crippen molar-refractivity contribution < 1.29 is 4.39 Å². The van der Waals surface area contributed by atoms with Gasteiger partial charge in [-0.3, -0.25) is 0 Å². The van der Waals surface area contributed by atoms with Crippen molar-refractivity contribution in [2.75, 3.05) is 6.54 Å². The molecule has 0 aliphatic heterocycles. The molecule has 0 aromatic heterocycles. The highest BCUT2D eigenvalue weighted by Crippen LogP contribution is 2.22. The Bertz CT molecular complexity index is 584. The van der Waals surface area contributed by atoms with Crippen molar-refractivity contribution in [2.45, 2.75) is 25.8 Å². The van der Waals surface area contributed by atoms with Gasteiger partial charge in [-0.05, 0) is 48.7 Å². The first-order valence-electron chi connectivity index (χ1n) is 7.01. The van der Waals surface area contributed by atoms with Gasteiger partial charge in [0.15, 0.2) is 0 Å². The maximum absolute atomic E-state index is 13.5. The molecule has 1 N–H and O–H groups in total. The number of nitrogens with one attached hydrogen (secondary N) is 1. The Labute approximate surface area is 135 Å². The third-order valence-corrected chi connectivity index (χ3v) is 4.06. The fraction of sp³-hybridized carbons (Fsp3) is 0.294. The minimum Gasteiger partial charge on any atom is -0.314 e. The zero-order valence-corrected chi connectivity index (χ0v) is 13.4. The van der Waals surface area contributed by atoms with E-state index in [2.05, 4.69) is 12.2 Å². The molecule has 0 amide bonds. The summed E-state index contributed by atoms with van der Waals surface area (Å²) < 4.78 is 13.5. The van der Waals surface area contributed by atoms with E-state index in [1.807, 2.05) is 30.3 Å². The van der Waals surface area contributed by atoms with Gasteiger partial charge in [0, 0.05) is 11.1 Å². The molecule has 1 atom stereocenters. The van der Waals surface area contributed by atoms with Crippen LogP contribution in [0.4, 0.5) is 4.39 Å². The van der Waals surface area contributed by atoms with Crippen LogP contribution in [-0.4, -0.2) is 12.6 Å². The molecular weight excluding hydrogens is 308 g/mol. The van der Waals surface area contributed by atoms with Crippen molar-refractivity contribution >= 4 is 23.2 Å². The average molecular weight is 326 g/mol. The van der Waals surface area contributed by atoms with Crippen LogP contribution in [0.5, 0.6) is 0 Å². The maximum Gasteiger partial charge on any atom is 0.142 e. The summed E-state index contributed by atoms with van der Waals surface area (Å²) in [6.07, 6.45) is 1.53. The van der Waals surface area contributed by atoms with Gasteiger partial charge in [0.2, 0.25) is 0 Å². The van der Waals surface area contributed by atoms with E-state index in [1.165, 1.54) is 11.6 Å². The van der Waals surface area contributed by atoms with Crippen LogP contribution >= 0.6 is 23.2 Å². The standard InChI is InChI=1S/C17H18Cl2FN/c1-2-21-15(10-12-6-8-14(18)9-7-12)11-13-4-3-5-16(20)17(13)19/h3-9,15,21H,2,10-11H2,1H3. The lowest BCUT2D eigenvalue weighted by Gasteiger charge is -2.19. The molecule has 21 heavy (non-hydrogen) atoms. The molecule has 2 rings (SSSR count). The summed E-state index contributed by atoms with van der Waals surface area (Å²) in [5.74, 6) is -0.365. The normalized spacial score (nSPS) is 12.4. The highest BCUT2D eigenvalue weighted by atomic mass is 35.5. The van der Waals surface area contributed by atoms with Crippen molar-refractivity contribution in [1.29, 1.82) is 0 Å². The van der Waals surface area contributed by atoms with Crippen molar-refractivity contribution in [1.82, 2.24) is 5.32 Å². The van der Waals surface area contributed by atoms with Crippen LogP contribution in [0.15, 0.2) is 42.5 Å². The van der Waals surface area contributed by atoms with E-state index in [9.17, 15) is 4.39 Å². The van der Waals surface area contributed by atoms with Crippen LogP contribution < -0.4 is 5.32 Å². The zero-order valence-electron chi connectivity index (χ0n) is 11.9. The summed E-state index contributed by atoms with van der Waals surface area (Å²) in [6.45, 7) is 2.91. The van der Waals surface area contributed by atoms with Gasteiger partial charge < -0.3 is 5.32 Å². The van der Waals surface area contributed by atoms with E-state index in [0.717, 1.165) is 23.6 Å². The van der Waals surface area contributed by atoms with Crippen LogP contribution in [0, 0.1) is 5.82 Å². The Hall–Kier alpha value is -1.09. The smallest absolute Gasteiger partial charge is 0.142 e. The highest BCUT2D eigenvalue weighted by molar-refractivity contribution is 6.31. The first-order chi connectivity index (χ1) is 10.1. The quantitative estimate of drug-likeness (QED) is 0.796. The Morgan fingerprint density at radius 3 is 2.43 bits per heavy atom. The predicted octanol–water partition coefficient (Wildman–Crippen LogP) is 4.90. The summed E-state index contributed by atoms with van der Waals surface area (Å²) >= 11 is 11.9. The third kappa shape index (κ3) is 4.70. The van der Waals surface area contributed by atoms with Gasteiger partial charge in [-0.15, -0.1) is 0 Å². The highest BCUT2D eigenvalue weighted by Gasteiger charge is 2.13. The number of hydrogen-bond donors (Lipinski definition) is 1. The molecule has 0 radical (unpaired) electrons.